The Morgan fingerprint density at radius 3 is 2.65 bits per heavy atom. The predicted octanol–water partition coefficient (Wildman–Crippen LogP) is 2.73. The van der Waals surface area contributed by atoms with Crippen molar-refractivity contribution in [1.29, 1.82) is 0 Å². The van der Waals surface area contributed by atoms with Gasteiger partial charge in [0.15, 0.2) is 0 Å². The molecule has 11 heteroatoms. The predicted molar refractivity (Wildman–Crippen MR) is 132 cm³/mol. The Labute approximate surface area is 200 Å². The number of pyridine rings is 2. The molecule has 1 unspecified atom stereocenters. The van der Waals surface area contributed by atoms with Crippen molar-refractivity contribution in [2.75, 3.05) is 25.1 Å². The molecule has 0 bridgehead atoms. The van der Waals surface area contributed by atoms with Crippen LogP contribution in [0.5, 0.6) is 0 Å². The second kappa shape index (κ2) is 9.18. The Morgan fingerprint density at radius 1 is 1.09 bits per heavy atom. The number of aromatic amines is 1. The molecule has 34 heavy (non-hydrogen) atoms. The fourth-order valence-electron chi connectivity index (χ4n) is 5.65. The van der Waals surface area contributed by atoms with E-state index in [4.69, 9.17) is 0 Å². The van der Waals surface area contributed by atoms with E-state index in [9.17, 15) is 16.8 Å². The second-order valence-electron chi connectivity index (χ2n) is 9.77. The highest BCUT2D eigenvalue weighted by Gasteiger charge is 2.34. The van der Waals surface area contributed by atoms with Crippen LogP contribution in [0.2, 0.25) is 0 Å². The quantitative estimate of drug-likeness (QED) is 0.531. The summed E-state index contributed by atoms with van der Waals surface area (Å²) in [6.07, 6.45) is 13.5. The minimum absolute atomic E-state index is 0.112. The van der Waals surface area contributed by atoms with E-state index in [0.717, 1.165) is 48.4 Å². The molecule has 9 nitrogen and oxygen atoms in total. The van der Waals surface area contributed by atoms with Crippen LogP contribution >= 0.6 is 0 Å². The number of sulfonamides is 2. The summed E-state index contributed by atoms with van der Waals surface area (Å²) >= 11 is 0. The second-order valence-corrected chi connectivity index (χ2v) is 13.6. The highest BCUT2D eigenvalue weighted by molar-refractivity contribution is 7.89. The maximum atomic E-state index is 13.1. The minimum atomic E-state index is -3.44. The zero-order chi connectivity index (χ0) is 23.9. The molecule has 184 valence electrons. The van der Waals surface area contributed by atoms with Gasteiger partial charge in [-0.3, -0.25) is 4.98 Å². The summed E-state index contributed by atoms with van der Waals surface area (Å²) in [5.41, 5.74) is 2.08. The van der Waals surface area contributed by atoms with E-state index in [1.54, 1.807) is 0 Å². The van der Waals surface area contributed by atoms with Gasteiger partial charge < -0.3 is 4.98 Å². The van der Waals surface area contributed by atoms with E-state index < -0.39 is 20.0 Å². The third-order valence-electron chi connectivity index (χ3n) is 7.22. The van der Waals surface area contributed by atoms with Gasteiger partial charge in [-0.2, -0.15) is 0 Å². The average molecular weight is 506 g/mol. The van der Waals surface area contributed by atoms with Crippen molar-refractivity contribution < 1.29 is 16.8 Å². The third-order valence-corrected chi connectivity index (χ3v) is 10.00. The van der Waals surface area contributed by atoms with Crippen molar-refractivity contribution in [1.82, 2.24) is 24.0 Å². The van der Waals surface area contributed by atoms with Crippen LogP contribution < -0.4 is 4.72 Å². The Hall–Kier alpha value is -2.08. The zero-order valence-electron chi connectivity index (χ0n) is 19.3. The summed E-state index contributed by atoms with van der Waals surface area (Å²) in [6.45, 7) is 0.676. The van der Waals surface area contributed by atoms with Crippen molar-refractivity contribution >= 4 is 41.9 Å². The van der Waals surface area contributed by atoms with Crippen LogP contribution in [0.1, 0.15) is 50.0 Å². The monoisotopic (exact) mass is 505 g/mol. The van der Waals surface area contributed by atoms with E-state index in [1.165, 1.54) is 15.3 Å². The van der Waals surface area contributed by atoms with Gasteiger partial charge in [-0.05, 0) is 62.0 Å². The fourth-order valence-corrected chi connectivity index (χ4v) is 8.40. The van der Waals surface area contributed by atoms with E-state index in [0.29, 0.717) is 25.3 Å². The lowest BCUT2D eigenvalue weighted by atomic mass is 9.78. The van der Waals surface area contributed by atoms with Crippen LogP contribution in [0.4, 0.5) is 0 Å². The van der Waals surface area contributed by atoms with Crippen LogP contribution in [-0.4, -0.2) is 67.2 Å². The number of nitrogens with zero attached hydrogens (tertiary/aromatic N) is 3. The van der Waals surface area contributed by atoms with Gasteiger partial charge in [0.05, 0.1) is 12.0 Å². The largest absolute Gasteiger partial charge is 0.346 e. The minimum Gasteiger partial charge on any atom is -0.346 e. The van der Waals surface area contributed by atoms with Gasteiger partial charge in [0.2, 0.25) is 20.0 Å². The first kappa shape index (κ1) is 23.7. The normalized spacial score (nSPS) is 25.1. The van der Waals surface area contributed by atoms with Crippen LogP contribution in [-0.2, 0) is 20.0 Å². The lowest BCUT2D eigenvalue weighted by molar-refractivity contribution is 0.295. The lowest BCUT2D eigenvalue weighted by Crippen LogP contribution is -2.50. The summed E-state index contributed by atoms with van der Waals surface area (Å²) in [4.78, 5) is 12.1. The molecule has 0 amide bonds. The number of hydrogen-bond donors (Lipinski definition) is 2. The van der Waals surface area contributed by atoms with Crippen molar-refractivity contribution in [2.45, 2.75) is 50.5 Å². The van der Waals surface area contributed by atoms with Crippen molar-refractivity contribution in [3.63, 3.8) is 0 Å². The maximum Gasteiger partial charge on any atom is 0.214 e. The van der Waals surface area contributed by atoms with Crippen molar-refractivity contribution in [3.8, 4) is 0 Å². The molecule has 1 aliphatic carbocycles. The highest BCUT2D eigenvalue weighted by atomic mass is 32.2. The number of rotatable bonds is 6. The number of nitrogens with one attached hydrogen (secondary N) is 2. The average Bonchev–Trinajstić information content (AvgIpc) is 3.27. The first-order valence-corrected chi connectivity index (χ1v) is 15.3. The molecule has 0 radical (unpaired) electrons. The van der Waals surface area contributed by atoms with Crippen LogP contribution in [0.25, 0.3) is 21.8 Å². The van der Waals surface area contributed by atoms with Crippen molar-refractivity contribution in [2.24, 2.45) is 5.92 Å². The Morgan fingerprint density at radius 2 is 1.88 bits per heavy atom. The molecule has 3 aromatic rings. The number of H-pyrrole nitrogens is 1. The molecule has 0 spiro atoms. The Bertz CT molecular complexity index is 1400. The molecule has 3 aromatic heterocycles. The molecular formula is C23H31N5O4S2. The van der Waals surface area contributed by atoms with E-state index in [-0.39, 0.29) is 24.3 Å². The summed E-state index contributed by atoms with van der Waals surface area (Å²) in [5, 5.41) is 3.31. The first-order valence-electron chi connectivity index (χ1n) is 11.8. The summed E-state index contributed by atoms with van der Waals surface area (Å²) in [5.74, 6) is 0.584. The van der Waals surface area contributed by atoms with Crippen molar-refractivity contribution in [3.05, 3.63) is 36.4 Å². The van der Waals surface area contributed by atoms with Crippen LogP contribution in [0.3, 0.4) is 0 Å². The highest BCUT2D eigenvalue weighted by Crippen LogP contribution is 2.40. The SMILES string of the molecule is CS(=O)(=O)NC1CCCN(S(=O)(=O)CC2CCC(c3cncc4cnc5[nH]ccc5c34)CC2)C1. The summed E-state index contributed by atoms with van der Waals surface area (Å²) in [6, 6.07) is 1.70. The van der Waals surface area contributed by atoms with Gasteiger partial charge in [-0.1, -0.05) is 0 Å². The summed E-state index contributed by atoms with van der Waals surface area (Å²) in [7, 11) is -6.80. The third kappa shape index (κ3) is 4.98. The van der Waals surface area contributed by atoms with E-state index in [2.05, 4.69) is 25.7 Å². The molecule has 4 heterocycles. The molecule has 5 rings (SSSR count). The van der Waals surface area contributed by atoms with Gasteiger partial charge in [0.1, 0.15) is 5.65 Å². The number of fused-ring (bicyclic) bond motifs is 3. The molecule has 2 aliphatic rings. The Kier molecular flexibility index (Phi) is 6.38. The molecule has 2 fully saturated rings. The molecule has 1 aliphatic heterocycles. The number of hydrogen-bond acceptors (Lipinski definition) is 6. The topological polar surface area (TPSA) is 125 Å². The van der Waals surface area contributed by atoms with Crippen LogP contribution in [0.15, 0.2) is 30.9 Å². The molecule has 1 atom stereocenters. The smallest absolute Gasteiger partial charge is 0.214 e. The summed E-state index contributed by atoms with van der Waals surface area (Å²) < 4.78 is 53.5. The standard InChI is InChI=1S/C23H31N5O4S2/c1-33(29,30)27-19-3-2-10-28(14-19)34(31,32)15-16-4-6-17(7-5-16)21-13-24-11-18-12-26-23-20(22(18)21)8-9-25-23/h8-9,11-13,16-17,19,27H,2-7,10,14-15H2,1H3,(H,25,26). The number of piperidine rings is 1. The molecule has 1 saturated heterocycles. The zero-order valence-corrected chi connectivity index (χ0v) is 20.9. The van der Waals surface area contributed by atoms with Crippen LogP contribution in [0, 0.1) is 5.92 Å². The molecule has 0 aromatic carbocycles. The van der Waals surface area contributed by atoms with E-state index in [1.807, 2.05) is 24.8 Å². The molecular weight excluding hydrogens is 474 g/mol. The fraction of sp³-hybridized carbons (Fsp3) is 0.565. The maximum absolute atomic E-state index is 13.1. The number of aromatic nitrogens is 3. The van der Waals surface area contributed by atoms with Gasteiger partial charge in [0, 0.05) is 60.1 Å². The van der Waals surface area contributed by atoms with Gasteiger partial charge in [0.25, 0.3) is 0 Å². The first-order chi connectivity index (χ1) is 16.2. The van der Waals surface area contributed by atoms with Gasteiger partial charge in [-0.15, -0.1) is 0 Å². The van der Waals surface area contributed by atoms with E-state index >= 15 is 0 Å². The Balaban J connectivity index is 1.26. The van der Waals surface area contributed by atoms with Gasteiger partial charge in [-0.25, -0.2) is 30.8 Å². The molecule has 2 N–H and O–H groups in total. The molecule has 1 saturated carbocycles. The lowest BCUT2D eigenvalue weighted by Gasteiger charge is -2.34. The van der Waals surface area contributed by atoms with Gasteiger partial charge >= 0.3 is 0 Å².